The topological polar surface area (TPSA) is 69.9 Å². The van der Waals surface area contributed by atoms with Crippen LogP contribution in [0.5, 0.6) is 0 Å². The molecule has 0 amide bonds. The van der Waals surface area contributed by atoms with Crippen molar-refractivity contribution in [3.05, 3.63) is 36.4 Å². The van der Waals surface area contributed by atoms with E-state index in [9.17, 15) is 4.39 Å². The summed E-state index contributed by atoms with van der Waals surface area (Å²) >= 11 is 0. The molecule has 72 valence electrons. The van der Waals surface area contributed by atoms with Crippen molar-refractivity contribution in [1.82, 2.24) is 9.66 Å². The van der Waals surface area contributed by atoms with E-state index in [1.165, 1.54) is 23.1 Å². The van der Waals surface area contributed by atoms with E-state index in [-0.39, 0.29) is 5.82 Å². The molecular weight excluding hydrogens is 183 g/mol. The van der Waals surface area contributed by atoms with Crippen LogP contribution in [0.2, 0.25) is 0 Å². The Morgan fingerprint density at radius 3 is 2.71 bits per heavy atom. The summed E-state index contributed by atoms with van der Waals surface area (Å²) in [7, 11) is 0. The van der Waals surface area contributed by atoms with Crippen LogP contribution in [-0.4, -0.2) is 9.66 Å². The van der Waals surface area contributed by atoms with Crippen LogP contribution in [0.3, 0.4) is 0 Å². The summed E-state index contributed by atoms with van der Waals surface area (Å²) in [5, 5.41) is 0. The Hall–Kier alpha value is -2.04. The maximum Gasteiger partial charge on any atom is 0.150 e. The number of anilines is 1. The van der Waals surface area contributed by atoms with E-state index in [2.05, 4.69) is 4.98 Å². The van der Waals surface area contributed by atoms with Gasteiger partial charge in [-0.2, -0.15) is 0 Å². The van der Waals surface area contributed by atoms with E-state index in [1.54, 1.807) is 12.1 Å². The fourth-order valence-electron chi connectivity index (χ4n) is 1.23. The number of imidazole rings is 1. The van der Waals surface area contributed by atoms with Gasteiger partial charge in [0, 0.05) is 5.56 Å². The summed E-state index contributed by atoms with van der Waals surface area (Å²) in [6.07, 6.45) is 1.38. The predicted octanol–water partition coefficient (Wildman–Crippen LogP) is 0.985. The first-order chi connectivity index (χ1) is 6.68. The zero-order valence-electron chi connectivity index (χ0n) is 7.31. The van der Waals surface area contributed by atoms with Gasteiger partial charge in [-0.25, -0.2) is 14.1 Å². The molecule has 0 atom stereocenters. The minimum Gasteiger partial charge on any atom is -0.382 e. The highest BCUT2D eigenvalue weighted by molar-refractivity contribution is 5.70. The molecule has 0 saturated heterocycles. The third-order valence-corrected chi connectivity index (χ3v) is 1.93. The Balaban J connectivity index is 2.55. The Labute approximate surface area is 79.9 Å². The molecule has 2 aromatic rings. The second-order valence-corrected chi connectivity index (χ2v) is 2.90. The second-order valence-electron chi connectivity index (χ2n) is 2.90. The van der Waals surface area contributed by atoms with Gasteiger partial charge < -0.3 is 11.6 Å². The monoisotopic (exact) mass is 192 g/mol. The molecule has 4 N–H and O–H groups in total. The molecule has 0 spiro atoms. The highest BCUT2D eigenvalue weighted by Gasteiger charge is 2.08. The van der Waals surface area contributed by atoms with Crippen molar-refractivity contribution in [3.8, 4) is 11.3 Å². The minimum absolute atomic E-state index is 0.315. The maximum atomic E-state index is 12.9. The Kier molecular flexibility index (Phi) is 1.85. The molecule has 2 rings (SSSR count). The molecule has 1 aromatic carbocycles. The van der Waals surface area contributed by atoms with E-state index < -0.39 is 0 Å². The molecule has 4 nitrogen and oxygen atoms in total. The van der Waals surface area contributed by atoms with Gasteiger partial charge in [0.15, 0.2) is 0 Å². The third kappa shape index (κ3) is 1.28. The van der Waals surface area contributed by atoms with Gasteiger partial charge >= 0.3 is 0 Å². The van der Waals surface area contributed by atoms with Crippen molar-refractivity contribution < 1.29 is 4.39 Å². The SMILES string of the molecule is Nc1c(-c2cccc(F)c2)ncn1N. The molecular formula is C9H9FN4. The lowest BCUT2D eigenvalue weighted by Crippen LogP contribution is -2.09. The van der Waals surface area contributed by atoms with Gasteiger partial charge in [0.2, 0.25) is 0 Å². The first kappa shape index (κ1) is 8.55. The first-order valence-electron chi connectivity index (χ1n) is 4.02. The molecule has 0 aliphatic heterocycles. The maximum absolute atomic E-state index is 12.9. The fourth-order valence-corrected chi connectivity index (χ4v) is 1.23. The summed E-state index contributed by atoms with van der Waals surface area (Å²) in [4.78, 5) is 3.97. The molecule has 0 bridgehead atoms. The smallest absolute Gasteiger partial charge is 0.150 e. The average Bonchev–Trinajstić information content (AvgIpc) is 2.48. The highest BCUT2D eigenvalue weighted by Crippen LogP contribution is 2.23. The summed E-state index contributed by atoms with van der Waals surface area (Å²) in [5.41, 5.74) is 6.75. The van der Waals surface area contributed by atoms with E-state index in [0.717, 1.165) is 0 Å². The summed E-state index contributed by atoms with van der Waals surface area (Å²) in [6, 6.07) is 6.04. The lowest BCUT2D eigenvalue weighted by Gasteiger charge is -1.99. The van der Waals surface area contributed by atoms with Crippen LogP contribution >= 0.6 is 0 Å². The van der Waals surface area contributed by atoms with Crippen molar-refractivity contribution in [2.45, 2.75) is 0 Å². The normalized spacial score (nSPS) is 10.4. The molecule has 0 radical (unpaired) electrons. The van der Waals surface area contributed by atoms with Crippen LogP contribution in [-0.2, 0) is 0 Å². The number of halogens is 1. The van der Waals surface area contributed by atoms with Gasteiger partial charge in [-0.15, -0.1) is 0 Å². The minimum atomic E-state index is -0.325. The van der Waals surface area contributed by atoms with Crippen LogP contribution in [0, 0.1) is 5.82 Å². The van der Waals surface area contributed by atoms with E-state index in [0.29, 0.717) is 17.1 Å². The van der Waals surface area contributed by atoms with E-state index in [4.69, 9.17) is 11.6 Å². The van der Waals surface area contributed by atoms with Gasteiger partial charge in [-0.05, 0) is 12.1 Å². The van der Waals surface area contributed by atoms with Crippen LogP contribution in [0.4, 0.5) is 10.2 Å². The molecule has 0 fully saturated rings. The highest BCUT2D eigenvalue weighted by atomic mass is 19.1. The summed E-state index contributed by atoms with van der Waals surface area (Å²) in [6.45, 7) is 0. The molecule has 0 unspecified atom stereocenters. The van der Waals surface area contributed by atoms with Crippen LogP contribution in [0.25, 0.3) is 11.3 Å². The first-order valence-corrected chi connectivity index (χ1v) is 4.02. The summed E-state index contributed by atoms with van der Waals surface area (Å²) in [5.74, 6) is 5.44. The van der Waals surface area contributed by atoms with Crippen molar-refractivity contribution in [2.75, 3.05) is 11.6 Å². The van der Waals surface area contributed by atoms with Crippen LogP contribution in [0.15, 0.2) is 30.6 Å². The Morgan fingerprint density at radius 1 is 1.36 bits per heavy atom. The largest absolute Gasteiger partial charge is 0.382 e. The van der Waals surface area contributed by atoms with Gasteiger partial charge in [-0.1, -0.05) is 12.1 Å². The van der Waals surface area contributed by atoms with Crippen molar-refractivity contribution >= 4 is 5.82 Å². The number of nitrogen functional groups attached to an aromatic ring is 2. The molecule has 5 heteroatoms. The average molecular weight is 192 g/mol. The zero-order valence-corrected chi connectivity index (χ0v) is 7.31. The van der Waals surface area contributed by atoms with E-state index in [1.807, 2.05) is 0 Å². The standard InChI is InChI=1S/C9H9FN4/c10-7-3-1-2-6(4-7)8-9(11)14(12)5-13-8/h1-5H,11-12H2. The van der Waals surface area contributed by atoms with Crippen LogP contribution in [0.1, 0.15) is 0 Å². The fraction of sp³-hybridized carbons (Fsp3) is 0. The number of hydrogen-bond donors (Lipinski definition) is 2. The lowest BCUT2D eigenvalue weighted by molar-refractivity contribution is 0.628. The third-order valence-electron chi connectivity index (χ3n) is 1.93. The quantitative estimate of drug-likeness (QED) is 0.662. The second kappa shape index (κ2) is 3.02. The van der Waals surface area contributed by atoms with Gasteiger partial charge in [0.1, 0.15) is 23.7 Å². The molecule has 0 saturated carbocycles. The number of nitrogens with zero attached hydrogens (tertiary/aromatic N) is 2. The van der Waals surface area contributed by atoms with Gasteiger partial charge in [-0.3, -0.25) is 0 Å². The predicted molar refractivity (Wildman–Crippen MR) is 52.2 cm³/mol. The number of rotatable bonds is 1. The van der Waals surface area contributed by atoms with Crippen molar-refractivity contribution in [2.24, 2.45) is 0 Å². The van der Waals surface area contributed by atoms with Crippen LogP contribution < -0.4 is 11.6 Å². The van der Waals surface area contributed by atoms with E-state index >= 15 is 0 Å². The lowest BCUT2D eigenvalue weighted by atomic mass is 10.1. The molecule has 1 heterocycles. The molecule has 14 heavy (non-hydrogen) atoms. The number of hydrogen-bond acceptors (Lipinski definition) is 3. The number of aromatic nitrogens is 2. The number of nitrogens with two attached hydrogens (primary N) is 2. The van der Waals surface area contributed by atoms with Gasteiger partial charge in [0.05, 0.1) is 0 Å². The Bertz CT molecular complexity index is 464. The number of benzene rings is 1. The zero-order chi connectivity index (χ0) is 10.1. The molecule has 1 aromatic heterocycles. The molecule has 0 aliphatic carbocycles. The molecule has 0 aliphatic rings. The summed E-state index contributed by atoms with van der Waals surface area (Å²) < 4.78 is 14.1. The van der Waals surface area contributed by atoms with Gasteiger partial charge in [0.25, 0.3) is 0 Å². The Morgan fingerprint density at radius 2 is 2.14 bits per heavy atom. The van der Waals surface area contributed by atoms with Crippen molar-refractivity contribution in [3.63, 3.8) is 0 Å². The van der Waals surface area contributed by atoms with Crippen molar-refractivity contribution in [1.29, 1.82) is 0 Å².